The Bertz CT molecular complexity index is 504. The van der Waals surface area contributed by atoms with Gasteiger partial charge in [0.15, 0.2) is 0 Å². The summed E-state index contributed by atoms with van der Waals surface area (Å²) < 4.78 is 5.37. The zero-order valence-corrected chi connectivity index (χ0v) is 11.3. The van der Waals surface area contributed by atoms with E-state index >= 15 is 0 Å². The van der Waals surface area contributed by atoms with Gasteiger partial charge >= 0.3 is 5.97 Å². The number of amides is 1. The van der Waals surface area contributed by atoms with Crippen LogP contribution >= 0.6 is 0 Å². The zero-order valence-electron chi connectivity index (χ0n) is 11.3. The highest BCUT2D eigenvalue weighted by Crippen LogP contribution is 2.21. The van der Waals surface area contributed by atoms with Crippen molar-refractivity contribution in [2.45, 2.75) is 37.8 Å². The SMILES string of the molecule is CO[C@H]1CCCC[C@@H]1NC(=O)c1cccc(C(=O)O)n1. The van der Waals surface area contributed by atoms with Gasteiger partial charge in [-0.2, -0.15) is 0 Å². The molecule has 1 aliphatic rings. The van der Waals surface area contributed by atoms with Crippen LogP contribution < -0.4 is 5.32 Å². The van der Waals surface area contributed by atoms with E-state index in [0.29, 0.717) is 0 Å². The summed E-state index contributed by atoms with van der Waals surface area (Å²) in [6.07, 6.45) is 3.94. The highest BCUT2D eigenvalue weighted by atomic mass is 16.5. The standard InChI is InChI=1S/C14H18N2O4/c1-20-12-8-3-2-5-9(12)16-13(17)10-6-4-7-11(15-10)14(18)19/h4,6-7,9,12H,2-3,5,8H2,1H3,(H,16,17)(H,18,19)/t9-,12-/m0/s1. The van der Waals surface area contributed by atoms with Crippen molar-refractivity contribution in [1.82, 2.24) is 10.3 Å². The molecule has 0 radical (unpaired) electrons. The maximum atomic E-state index is 12.1. The maximum absolute atomic E-state index is 12.1. The minimum absolute atomic E-state index is 0.00959. The Balaban J connectivity index is 2.07. The van der Waals surface area contributed by atoms with Crippen molar-refractivity contribution in [3.8, 4) is 0 Å². The summed E-state index contributed by atoms with van der Waals surface area (Å²) >= 11 is 0. The maximum Gasteiger partial charge on any atom is 0.354 e. The lowest BCUT2D eigenvalue weighted by atomic mass is 9.92. The van der Waals surface area contributed by atoms with E-state index in [1.807, 2.05) is 0 Å². The van der Waals surface area contributed by atoms with Gasteiger partial charge in [-0.25, -0.2) is 9.78 Å². The van der Waals surface area contributed by atoms with Crippen molar-refractivity contribution in [3.63, 3.8) is 0 Å². The molecule has 0 spiro atoms. The third-order valence-corrected chi connectivity index (χ3v) is 3.52. The number of ether oxygens (including phenoxy) is 1. The number of rotatable bonds is 4. The summed E-state index contributed by atoms with van der Waals surface area (Å²) in [5, 5.41) is 11.8. The van der Waals surface area contributed by atoms with E-state index < -0.39 is 5.97 Å². The van der Waals surface area contributed by atoms with Gasteiger partial charge in [0.05, 0.1) is 12.1 Å². The van der Waals surface area contributed by atoms with Gasteiger partial charge in [-0.05, 0) is 25.0 Å². The average molecular weight is 278 g/mol. The van der Waals surface area contributed by atoms with E-state index in [0.717, 1.165) is 25.7 Å². The Labute approximate surface area is 117 Å². The van der Waals surface area contributed by atoms with Gasteiger partial charge < -0.3 is 15.2 Å². The van der Waals surface area contributed by atoms with Gasteiger partial charge in [-0.3, -0.25) is 4.79 Å². The number of carboxylic acid groups (broad SMARTS) is 1. The number of hydrogen-bond acceptors (Lipinski definition) is 4. The second-order valence-corrected chi connectivity index (χ2v) is 4.85. The van der Waals surface area contributed by atoms with Gasteiger partial charge in [0, 0.05) is 7.11 Å². The Hall–Kier alpha value is -1.95. The summed E-state index contributed by atoms with van der Waals surface area (Å²) in [7, 11) is 1.64. The molecule has 2 atom stereocenters. The molecular weight excluding hydrogens is 260 g/mol. The van der Waals surface area contributed by atoms with Crippen molar-refractivity contribution in [2.24, 2.45) is 0 Å². The molecule has 0 aliphatic heterocycles. The predicted octanol–water partition coefficient (Wildman–Crippen LogP) is 1.47. The molecular formula is C14H18N2O4. The number of nitrogens with zero attached hydrogens (tertiary/aromatic N) is 1. The number of methoxy groups -OCH3 is 1. The number of nitrogens with one attached hydrogen (secondary N) is 1. The fourth-order valence-electron chi connectivity index (χ4n) is 2.47. The number of hydrogen-bond donors (Lipinski definition) is 2. The smallest absolute Gasteiger partial charge is 0.354 e. The van der Waals surface area contributed by atoms with Crippen molar-refractivity contribution in [3.05, 3.63) is 29.6 Å². The topological polar surface area (TPSA) is 88.5 Å². The fraction of sp³-hybridized carbons (Fsp3) is 0.500. The van der Waals surface area contributed by atoms with E-state index in [4.69, 9.17) is 9.84 Å². The van der Waals surface area contributed by atoms with Gasteiger partial charge in [-0.1, -0.05) is 18.9 Å². The molecule has 1 fully saturated rings. The number of carboxylic acids is 1. The lowest BCUT2D eigenvalue weighted by molar-refractivity contribution is 0.0391. The highest BCUT2D eigenvalue weighted by Gasteiger charge is 2.27. The second kappa shape index (κ2) is 6.47. The van der Waals surface area contributed by atoms with Gasteiger partial charge in [0.25, 0.3) is 5.91 Å². The lowest BCUT2D eigenvalue weighted by Crippen LogP contribution is -2.46. The largest absolute Gasteiger partial charge is 0.477 e. The Morgan fingerprint density at radius 3 is 2.70 bits per heavy atom. The first-order chi connectivity index (χ1) is 9.61. The molecule has 1 aromatic rings. The minimum Gasteiger partial charge on any atom is -0.477 e. The van der Waals surface area contributed by atoms with Gasteiger partial charge in [0.1, 0.15) is 11.4 Å². The molecule has 0 aromatic carbocycles. The highest BCUT2D eigenvalue weighted by molar-refractivity contribution is 5.94. The van der Waals surface area contributed by atoms with Crippen LogP contribution in [-0.2, 0) is 4.74 Å². The summed E-state index contributed by atoms with van der Waals surface area (Å²) in [5.41, 5.74) is -0.0186. The summed E-state index contributed by atoms with van der Waals surface area (Å²) in [5.74, 6) is -1.51. The Morgan fingerprint density at radius 2 is 2.00 bits per heavy atom. The van der Waals surface area contributed by atoms with Crippen LogP contribution in [0.4, 0.5) is 0 Å². The lowest BCUT2D eigenvalue weighted by Gasteiger charge is -2.30. The first-order valence-electron chi connectivity index (χ1n) is 6.66. The molecule has 0 bridgehead atoms. The summed E-state index contributed by atoms with van der Waals surface area (Å²) in [4.78, 5) is 26.8. The first kappa shape index (κ1) is 14.5. The monoisotopic (exact) mass is 278 g/mol. The molecule has 1 heterocycles. The van der Waals surface area contributed by atoms with E-state index in [2.05, 4.69) is 10.3 Å². The number of aromatic nitrogens is 1. The molecule has 0 saturated heterocycles. The van der Waals surface area contributed by atoms with E-state index in [1.165, 1.54) is 18.2 Å². The van der Waals surface area contributed by atoms with Crippen LogP contribution in [-0.4, -0.2) is 41.2 Å². The van der Waals surface area contributed by atoms with Crippen LogP contribution in [0.2, 0.25) is 0 Å². The quantitative estimate of drug-likeness (QED) is 0.870. The third kappa shape index (κ3) is 3.33. The molecule has 1 saturated carbocycles. The Morgan fingerprint density at radius 1 is 1.30 bits per heavy atom. The van der Waals surface area contributed by atoms with E-state index in [9.17, 15) is 9.59 Å². The molecule has 108 valence electrons. The van der Waals surface area contributed by atoms with E-state index in [1.54, 1.807) is 7.11 Å². The van der Waals surface area contributed by atoms with Crippen LogP contribution in [0, 0.1) is 0 Å². The average Bonchev–Trinajstić information content (AvgIpc) is 2.48. The van der Waals surface area contributed by atoms with Crippen molar-refractivity contribution < 1.29 is 19.4 Å². The molecule has 2 N–H and O–H groups in total. The van der Waals surface area contributed by atoms with Crippen molar-refractivity contribution in [1.29, 1.82) is 0 Å². The van der Waals surface area contributed by atoms with Gasteiger partial charge in [0.2, 0.25) is 0 Å². The first-order valence-corrected chi connectivity index (χ1v) is 6.66. The van der Waals surface area contributed by atoms with Crippen LogP contribution in [0.3, 0.4) is 0 Å². The van der Waals surface area contributed by atoms with Crippen molar-refractivity contribution >= 4 is 11.9 Å². The van der Waals surface area contributed by atoms with Crippen molar-refractivity contribution in [2.75, 3.05) is 7.11 Å². The number of carbonyl (C=O) groups excluding carboxylic acids is 1. The number of pyridine rings is 1. The molecule has 6 nitrogen and oxygen atoms in total. The minimum atomic E-state index is -1.15. The van der Waals surface area contributed by atoms with E-state index in [-0.39, 0.29) is 29.4 Å². The zero-order chi connectivity index (χ0) is 14.5. The molecule has 20 heavy (non-hydrogen) atoms. The van der Waals surface area contributed by atoms with Crippen LogP contribution in [0.1, 0.15) is 46.7 Å². The Kier molecular flexibility index (Phi) is 4.68. The molecule has 2 rings (SSSR count). The molecule has 6 heteroatoms. The number of aromatic carboxylic acids is 1. The normalized spacial score (nSPS) is 22.2. The summed E-state index contributed by atoms with van der Waals surface area (Å²) in [6, 6.07) is 4.33. The second-order valence-electron chi connectivity index (χ2n) is 4.85. The predicted molar refractivity (Wildman–Crippen MR) is 71.7 cm³/mol. The van der Waals surface area contributed by atoms with Crippen LogP contribution in [0.15, 0.2) is 18.2 Å². The fourth-order valence-corrected chi connectivity index (χ4v) is 2.47. The molecule has 0 unspecified atom stereocenters. The summed E-state index contributed by atoms with van der Waals surface area (Å²) in [6.45, 7) is 0. The molecule has 1 aromatic heterocycles. The third-order valence-electron chi connectivity index (χ3n) is 3.52. The molecule has 1 amide bonds. The van der Waals surface area contributed by atoms with Crippen LogP contribution in [0.5, 0.6) is 0 Å². The molecule has 1 aliphatic carbocycles. The number of carbonyl (C=O) groups is 2. The van der Waals surface area contributed by atoms with Gasteiger partial charge in [-0.15, -0.1) is 0 Å². The van der Waals surface area contributed by atoms with Crippen LogP contribution in [0.25, 0.3) is 0 Å².